The molecule has 0 aliphatic rings. The van der Waals surface area contributed by atoms with Gasteiger partial charge in [-0.3, -0.25) is 0 Å². The van der Waals surface area contributed by atoms with Crippen molar-refractivity contribution in [2.24, 2.45) is 5.11 Å². The third-order valence-corrected chi connectivity index (χ3v) is 1.82. The van der Waals surface area contributed by atoms with Crippen LogP contribution < -0.4 is 0 Å². The molecule has 0 unspecified atom stereocenters. The number of aromatic nitrogens is 1. The molecule has 1 aromatic heterocycles. The van der Waals surface area contributed by atoms with Crippen LogP contribution in [0.3, 0.4) is 0 Å². The van der Waals surface area contributed by atoms with Crippen LogP contribution in [0.2, 0.25) is 5.15 Å². The first kappa shape index (κ1) is 11.9. The summed E-state index contributed by atoms with van der Waals surface area (Å²) in [7, 11) is 0. The molecule has 1 N–H and O–H groups in total. The summed E-state index contributed by atoms with van der Waals surface area (Å²) in [5, 5.41) is 12.0. The number of hydrogen-bond donors (Lipinski definition) is 1. The van der Waals surface area contributed by atoms with Crippen LogP contribution in [-0.4, -0.2) is 22.6 Å². The first-order chi connectivity index (χ1) is 7.65. The van der Waals surface area contributed by atoms with E-state index in [4.69, 9.17) is 22.2 Å². The fourth-order valence-electron chi connectivity index (χ4n) is 0.854. The smallest absolute Gasteiger partial charge is 0.337 e. The van der Waals surface area contributed by atoms with Crippen LogP contribution in [-0.2, 0) is 0 Å². The maximum Gasteiger partial charge on any atom is 0.337 e. The number of azide groups is 1. The fraction of sp³-hybridized carbons (Fsp3) is 0.111. The Morgan fingerprint density at radius 2 is 2.50 bits per heavy atom. The van der Waals surface area contributed by atoms with Crippen LogP contribution >= 0.6 is 11.6 Å². The molecule has 0 amide bonds. The van der Waals surface area contributed by atoms with Crippen molar-refractivity contribution >= 4 is 17.6 Å². The highest BCUT2D eigenvalue weighted by atomic mass is 35.5. The predicted octanol–water partition coefficient (Wildman–Crippen LogP) is 2.10. The molecular formula is C9H5ClN4O2. The lowest BCUT2D eigenvalue weighted by Crippen LogP contribution is -1.98. The minimum Gasteiger partial charge on any atom is -0.478 e. The van der Waals surface area contributed by atoms with E-state index in [0.29, 0.717) is 0 Å². The number of aromatic carboxylic acids is 1. The third kappa shape index (κ3) is 3.17. The van der Waals surface area contributed by atoms with Gasteiger partial charge in [0.25, 0.3) is 0 Å². The van der Waals surface area contributed by atoms with Gasteiger partial charge in [0.1, 0.15) is 5.15 Å². The van der Waals surface area contributed by atoms with E-state index < -0.39 is 5.97 Å². The number of carbonyl (C=O) groups is 1. The Balaban J connectivity index is 3.01. The Morgan fingerprint density at radius 1 is 1.75 bits per heavy atom. The number of pyridine rings is 1. The standard InChI is InChI=1S/C9H5ClN4O2/c10-8-6(2-1-3-13-14-11)4-7(5-12-8)9(15)16/h4-5H,3H2,(H,15,16). The molecule has 1 aromatic rings. The average molecular weight is 237 g/mol. The minimum absolute atomic E-state index is 0.00233. The summed E-state index contributed by atoms with van der Waals surface area (Å²) < 4.78 is 0. The Kier molecular flexibility index (Phi) is 4.16. The van der Waals surface area contributed by atoms with Gasteiger partial charge in [-0.05, 0) is 11.6 Å². The monoisotopic (exact) mass is 236 g/mol. The minimum atomic E-state index is -1.11. The molecule has 0 fully saturated rings. The van der Waals surface area contributed by atoms with Crippen molar-refractivity contribution in [3.05, 3.63) is 39.0 Å². The van der Waals surface area contributed by atoms with Gasteiger partial charge in [-0.2, -0.15) is 0 Å². The molecular weight excluding hydrogens is 232 g/mol. The molecule has 80 valence electrons. The van der Waals surface area contributed by atoms with Crippen LogP contribution in [0.25, 0.3) is 10.4 Å². The van der Waals surface area contributed by atoms with Crippen molar-refractivity contribution in [3.8, 4) is 11.8 Å². The maximum atomic E-state index is 10.6. The molecule has 6 nitrogen and oxygen atoms in total. The van der Waals surface area contributed by atoms with E-state index in [1.54, 1.807) is 0 Å². The fourth-order valence-corrected chi connectivity index (χ4v) is 1.01. The topological polar surface area (TPSA) is 99.0 Å². The van der Waals surface area contributed by atoms with Crippen molar-refractivity contribution in [3.63, 3.8) is 0 Å². The molecule has 1 rings (SSSR count). The van der Waals surface area contributed by atoms with E-state index in [2.05, 4.69) is 26.9 Å². The van der Waals surface area contributed by atoms with Crippen molar-refractivity contribution in [1.29, 1.82) is 0 Å². The lowest BCUT2D eigenvalue weighted by Gasteiger charge is -1.96. The van der Waals surface area contributed by atoms with E-state index in [0.717, 1.165) is 6.20 Å². The van der Waals surface area contributed by atoms with Crippen LogP contribution in [0.1, 0.15) is 15.9 Å². The van der Waals surface area contributed by atoms with Gasteiger partial charge in [-0.15, -0.1) is 0 Å². The number of halogens is 1. The quantitative estimate of drug-likeness (QED) is 0.280. The van der Waals surface area contributed by atoms with Crippen molar-refractivity contribution in [2.45, 2.75) is 0 Å². The largest absolute Gasteiger partial charge is 0.478 e. The zero-order chi connectivity index (χ0) is 12.0. The number of carboxylic acid groups (broad SMARTS) is 1. The van der Waals surface area contributed by atoms with Gasteiger partial charge in [-0.1, -0.05) is 28.6 Å². The highest BCUT2D eigenvalue weighted by Gasteiger charge is 2.06. The zero-order valence-electron chi connectivity index (χ0n) is 7.88. The van der Waals surface area contributed by atoms with Gasteiger partial charge in [-0.25, -0.2) is 9.78 Å². The summed E-state index contributed by atoms with van der Waals surface area (Å²) in [6, 6.07) is 1.31. The number of rotatable bonds is 2. The van der Waals surface area contributed by atoms with E-state index in [-0.39, 0.29) is 22.8 Å². The molecule has 16 heavy (non-hydrogen) atoms. The van der Waals surface area contributed by atoms with Crippen LogP contribution in [0.5, 0.6) is 0 Å². The third-order valence-electron chi connectivity index (χ3n) is 1.52. The maximum absolute atomic E-state index is 10.6. The molecule has 0 aliphatic heterocycles. The summed E-state index contributed by atoms with van der Waals surface area (Å²) in [5.41, 5.74) is 8.29. The first-order valence-corrected chi connectivity index (χ1v) is 4.41. The first-order valence-electron chi connectivity index (χ1n) is 4.03. The molecule has 7 heteroatoms. The van der Waals surface area contributed by atoms with Gasteiger partial charge in [0.15, 0.2) is 0 Å². The second kappa shape index (κ2) is 5.61. The normalized spacial score (nSPS) is 8.56. The summed E-state index contributed by atoms with van der Waals surface area (Å²) >= 11 is 5.70. The predicted molar refractivity (Wildman–Crippen MR) is 57.1 cm³/mol. The number of hydrogen-bond acceptors (Lipinski definition) is 3. The molecule has 0 radical (unpaired) electrons. The molecule has 0 aliphatic carbocycles. The molecule has 1 heterocycles. The van der Waals surface area contributed by atoms with Crippen molar-refractivity contribution < 1.29 is 9.90 Å². The molecule has 0 saturated carbocycles. The highest BCUT2D eigenvalue weighted by Crippen LogP contribution is 2.12. The lowest BCUT2D eigenvalue weighted by molar-refractivity contribution is 0.0696. The van der Waals surface area contributed by atoms with E-state index in [1.165, 1.54) is 6.07 Å². The molecule has 0 atom stereocenters. The van der Waals surface area contributed by atoms with Gasteiger partial charge in [0, 0.05) is 11.1 Å². The van der Waals surface area contributed by atoms with Crippen LogP contribution in [0, 0.1) is 11.8 Å². The summed E-state index contributed by atoms with van der Waals surface area (Å²) in [5.74, 6) is 3.98. The summed E-state index contributed by atoms with van der Waals surface area (Å²) in [6.45, 7) is -0.00979. The molecule has 0 bridgehead atoms. The second-order valence-electron chi connectivity index (χ2n) is 2.56. The average Bonchev–Trinajstić information content (AvgIpc) is 2.26. The van der Waals surface area contributed by atoms with E-state index in [1.807, 2.05) is 0 Å². The van der Waals surface area contributed by atoms with Crippen LogP contribution in [0.15, 0.2) is 17.4 Å². The van der Waals surface area contributed by atoms with Gasteiger partial charge < -0.3 is 5.11 Å². The van der Waals surface area contributed by atoms with E-state index >= 15 is 0 Å². The molecule has 0 aromatic carbocycles. The van der Waals surface area contributed by atoms with Crippen molar-refractivity contribution in [2.75, 3.05) is 6.54 Å². The Bertz CT molecular complexity index is 526. The SMILES string of the molecule is [N-]=[N+]=NCC#Cc1cc(C(=O)O)cnc1Cl. The molecule has 0 spiro atoms. The van der Waals surface area contributed by atoms with Gasteiger partial charge in [0.05, 0.1) is 17.7 Å². The zero-order valence-corrected chi connectivity index (χ0v) is 8.64. The van der Waals surface area contributed by atoms with Gasteiger partial charge in [0.2, 0.25) is 0 Å². The number of carboxylic acids is 1. The molecule has 0 saturated heterocycles. The van der Waals surface area contributed by atoms with E-state index in [9.17, 15) is 4.79 Å². The summed E-state index contributed by atoms with van der Waals surface area (Å²) in [6.07, 6.45) is 1.14. The Morgan fingerprint density at radius 3 is 3.12 bits per heavy atom. The Labute approximate surface area is 95.5 Å². The van der Waals surface area contributed by atoms with Crippen LogP contribution in [0.4, 0.5) is 0 Å². The lowest BCUT2D eigenvalue weighted by atomic mass is 10.2. The Hall–Kier alpha value is -2.22. The number of nitrogens with zero attached hydrogens (tertiary/aromatic N) is 4. The highest BCUT2D eigenvalue weighted by molar-refractivity contribution is 6.30. The summed E-state index contributed by atoms with van der Waals surface area (Å²) in [4.78, 5) is 16.8. The van der Waals surface area contributed by atoms with Gasteiger partial charge >= 0.3 is 5.97 Å². The second-order valence-corrected chi connectivity index (χ2v) is 2.92. The van der Waals surface area contributed by atoms with Crippen molar-refractivity contribution in [1.82, 2.24) is 4.98 Å².